The average molecular weight is 268 g/mol. The molecule has 0 radical (unpaired) electrons. The van der Waals surface area contributed by atoms with Crippen LogP contribution in [-0.4, -0.2) is 29.1 Å². The predicted molar refractivity (Wildman–Crippen MR) is 80.8 cm³/mol. The first-order chi connectivity index (χ1) is 8.88. The zero-order chi connectivity index (χ0) is 14.6. The Morgan fingerprint density at radius 1 is 1.16 bits per heavy atom. The lowest BCUT2D eigenvalue weighted by Crippen LogP contribution is -2.46. The summed E-state index contributed by atoms with van der Waals surface area (Å²) in [6.07, 6.45) is 4.68. The molecule has 3 nitrogen and oxygen atoms in total. The lowest BCUT2D eigenvalue weighted by Gasteiger charge is -2.33. The molecule has 3 heteroatoms. The minimum atomic E-state index is 0.0277. The Kier molecular flexibility index (Phi) is 6.31. The van der Waals surface area contributed by atoms with Crippen LogP contribution in [0, 0.1) is 11.8 Å². The molecule has 1 saturated heterocycles. The molecule has 1 aliphatic heterocycles. The smallest absolute Gasteiger partial charge is 0.241 e. The summed E-state index contributed by atoms with van der Waals surface area (Å²) in [6, 6.07) is 0.377. The molecule has 1 amide bonds. The zero-order valence-corrected chi connectivity index (χ0v) is 13.6. The Bertz CT molecular complexity index is 288. The van der Waals surface area contributed by atoms with E-state index in [2.05, 4.69) is 51.8 Å². The highest BCUT2D eigenvalue weighted by atomic mass is 16.2. The second kappa shape index (κ2) is 7.28. The van der Waals surface area contributed by atoms with E-state index in [1.54, 1.807) is 0 Å². The largest absolute Gasteiger partial charge is 0.323 e. The first-order valence-corrected chi connectivity index (χ1v) is 7.96. The van der Waals surface area contributed by atoms with Crippen molar-refractivity contribution in [2.45, 2.75) is 85.5 Å². The van der Waals surface area contributed by atoms with Crippen molar-refractivity contribution in [3.8, 4) is 0 Å². The molecule has 3 unspecified atom stereocenters. The summed E-state index contributed by atoms with van der Waals surface area (Å²) in [6.45, 7) is 13.2. The molecule has 0 aromatic rings. The Hall–Kier alpha value is -0.570. The second-order valence-electron chi connectivity index (χ2n) is 6.74. The van der Waals surface area contributed by atoms with Gasteiger partial charge in [-0.05, 0) is 31.6 Å². The lowest BCUT2D eigenvalue weighted by molar-refractivity contribution is -0.132. The van der Waals surface area contributed by atoms with Gasteiger partial charge in [-0.15, -0.1) is 0 Å². The number of amides is 1. The van der Waals surface area contributed by atoms with Crippen molar-refractivity contribution in [1.29, 1.82) is 0 Å². The van der Waals surface area contributed by atoms with Crippen molar-refractivity contribution in [2.24, 2.45) is 11.8 Å². The highest BCUT2D eigenvalue weighted by Gasteiger charge is 2.41. The zero-order valence-electron chi connectivity index (χ0n) is 13.6. The third-order valence-electron chi connectivity index (χ3n) is 4.14. The third-order valence-corrected chi connectivity index (χ3v) is 4.14. The van der Waals surface area contributed by atoms with E-state index >= 15 is 0 Å². The molecular formula is C16H32N2O. The Labute approximate surface area is 119 Å². The topological polar surface area (TPSA) is 32.3 Å². The van der Waals surface area contributed by atoms with E-state index in [-0.39, 0.29) is 12.2 Å². The van der Waals surface area contributed by atoms with Crippen molar-refractivity contribution in [3.05, 3.63) is 0 Å². The van der Waals surface area contributed by atoms with E-state index < -0.39 is 0 Å². The maximum absolute atomic E-state index is 12.5. The van der Waals surface area contributed by atoms with Crippen LogP contribution in [0.1, 0.15) is 67.2 Å². The number of nitrogens with zero attached hydrogens (tertiary/aromatic N) is 1. The van der Waals surface area contributed by atoms with Crippen LogP contribution in [0.3, 0.4) is 0 Å². The second-order valence-corrected chi connectivity index (χ2v) is 6.74. The maximum Gasteiger partial charge on any atom is 0.241 e. The summed E-state index contributed by atoms with van der Waals surface area (Å²) < 4.78 is 0. The molecule has 1 N–H and O–H groups in total. The number of carbonyl (C=O) groups is 1. The number of hydrogen-bond acceptors (Lipinski definition) is 2. The van der Waals surface area contributed by atoms with Crippen LogP contribution in [0.2, 0.25) is 0 Å². The molecule has 0 aromatic carbocycles. The molecule has 0 spiro atoms. The number of hydrogen-bond donors (Lipinski definition) is 1. The minimum absolute atomic E-state index is 0.0277. The van der Waals surface area contributed by atoms with Gasteiger partial charge in [0.25, 0.3) is 0 Å². The molecule has 3 atom stereocenters. The van der Waals surface area contributed by atoms with E-state index in [1.165, 1.54) is 12.8 Å². The van der Waals surface area contributed by atoms with Crippen molar-refractivity contribution < 1.29 is 4.79 Å². The van der Waals surface area contributed by atoms with Gasteiger partial charge in [0.2, 0.25) is 5.91 Å². The Morgan fingerprint density at radius 3 is 2.26 bits per heavy atom. The molecule has 0 aromatic heterocycles. The summed E-state index contributed by atoms with van der Waals surface area (Å²) in [5, 5.41) is 3.50. The summed E-state index contributed by atoms with van der Waals surface area (Å²) in [5.41, 5.74) is 0. The van der Waals surface area contributed by atoms with Crippen molar-refractivity contribution in [3.63, 3.8) is 0 Å². The molecule has 1 rings (SSSR count). The van der Waals surface area contributed by atoms with E-state index in [0.717, 1.165) is 18.8 Å². The molecule has 1 fully saturated rings. The molecular weight excluding hydrogens is 236 g/mol. The van der Waals surface area contributed by atoms with Crippen LogP contribution in [0.5, 0.6) is 0 Å². The molecule has 1 aliphatic rings. The van der Waals surface area contributed by atoms with Crippen LogP contribution < -0.4 is 5.32 Å². The van der Waals surface area contributed by atoms with Crippen molar-refractivity contribution in [1.82, 2.24) is 10.2 Å². The summed E-state index contributed by atoms with van der Waals surface area (Å²) in [7, 11) is 0. The van der Waals surface area contributed by atoms with Gasteiger partial charge in [-0.2, -0.15) is 0 Å². The van der Waals surface area contributed by atoms with Gasteiger partial charge in [0.1, 0.15) is 0 Å². The monoisotopic (exact) mass is 268 g/mol. The van der Waals surface area contributed by atoms with Crippen LogP contribution in [0.15, 0.2) is 0 Å². The molecule has 1 heterocycles. The van der Waals surface area contributed by atoms with E-state index in [9.17, 15) is 4.79 Å². The van der Waals surface area contributed by atoms with Crippen LogP contribution in [0.25, 0.3) is 0 Å². The fourth-order valence-electron chi connectivity index (χ4n) is 2.93. The normalized spacial score (nSPS) is 25.7. The van der Waals surface area contributed by atoms with Crippen LogP contribution in [0.4, 0.5) is 0 Å². The Balaban J connectivity index is 2.63. The molecule has 19 heavy (non-hydrogen) atoms. The SMILES string of the molecule is CCC1NC(C(C)C)N(C(C)CCCC(C)C)C1=O. The van der Waals surface area contributed by atoms with Crippen molar-refractivity contribution in [2.75, 3.05) is 0 Å². The first kappa shape index (κ1) is 16.5. The maximum atomic E-state index is 12.5. The number of rotatable bonds is 7. The minimum Gasteiger partial charge on any atom is -0.323 e. The average Bonchev–Trinajstić information content (AvgIpc) is 2.65. The van der Waals surface area contributed by atoms with Gasteiger partial charge >= 0.3 is 0 Å². The fourth-order valence-corrected chi connectivity index (χ4v) is 2.93. The molecule has 0 aliphatic carbocycles. The fraction of sp³-hybridized carbons (Fsp3) is 0.938. The van der Waals surface area contributed by atoms with Gasteiger partial charge in [-0.1, -0.05) is 47.5 Å². The highest BCUT2D eigenvalue weighted by molar-refractivity contribution is 5.84. The van der Waals surface area contributed by atoms with Gasteiger partial charge < -0.3 is 4.90 Å². The van der Waals surface area contributed by atoms with Gasteiger partial charge in [-0.3, -0.25) is 10.1 Å². The predicted octanol–water partition coefficient (Wildman–Crippen LogP) is 3.39. The van der Waals surface area contributed by atoms with E-state index in [4.69, 9.17) is 0 Å². The van der Waals surface area contributed by atoms with Crippen LogP contribution in [-0.2, 0) is 4.79 Å². The van der Waals surface area contributed by atoms with Gasteiger partial charge in [-0.25, -0.2) is 0 Å². The third kappa shape index (κ3) is 4.20. The summed E-state index contributed by atoms with van der Waals surface area (Å²) in [4.78, 5) is 14.6. The van der Waals surface area contributed by atoms with E-state index in [1.807, 2.05) is 0 Å². The van der Waals surface area contributed by atoms with E-state index in [0.29, 0.717) is 17.9 Å². The standard InChI is InChI=1S/C16H32N2O/c1-7-14-16(19)18(15(17-14)12(4)5)13(6)10-8-9-11(2)3/h11-15,17H,7-10H2,1-6H3. The Morgan fingerprint density at radius 2 is 1.79 bits per heavy atom. The molecule has 0 bridgehead atoms. The first-order valence-electron chi connectivity index (χ1n) is 7.96. The lowest BCUT2D eigenvalue weighted by atomic mass is 10.0. The van der Waals surface area contributed by atoms with Gasteiger partial charge in [0.05, 0.1) is 12.2 Å². The summed E-state index contributed by atoms with van der Waals surface area (Å²) >= 11 is 0. The quantitative estimate of drug-likeness (QED) is 0.767. The van der Waals surface area contributed by atoms with Crippen molar-refractivity contribution >= 4 is 5.91 Å². The highest BCUT2D eigenvalue weighted by Crippen LogP contribution is 2.24. The summed E-state index contributed by atoms with van der Waals surface area (Å²) in [5.74, 6) is 1.52. The van der Waals surface area contributed by atoms with Crippen LogP contribution >= 0.6 is 0 Å². The van der Waals surface area contributed by atoms with Gasteiger partial charge in [0.15, 0.2) is 0 Å². The number of carbonyl (C=O) groups excluding carboxylic acids is 1. The molecule has 0 saturated carbocycles. The van der Waals surface area contributed by atoms with Gasteiger partial charge in [0, 0.05) is 6.04 Å². The molecule has 112 valence electrons. The number of nitrogens with one attached hydrogen (secondary N) is 1.